The van der Waals surface area contributed by atoms with Crippen molar-refractivity contribution >= 4 is 32.8 Å². The van der Waals surface area contributed by atoms with Crippen molar-refractivity contribution in [3.63, 3.8) is 0 Å². The maximum absolute atomic E-state index is 11.6. The Labute approximate surface area is 120 Å². The van der Waals surface area contributed by atoms with Crippen LogP contribution in [-0.2, 0) is 12.8 Å². The Hall–Kier alpha value is -1.42. The molecule has 1 N–H and O–H groups in total. The fourth-order valence-electron chi connectivity index (χ4n) is 2.39. The summed E-state index contributed by atoms with van der Waals surface area (Å²) in [6, 6.07) is 5.59. The third kappa shape index (κ3) is 2.63. The number of hydrogen-bond donors (Lipinski definition) is 1. The number of hydrogen-bond acceptors (Lipinski definition) is 2. The highest BCUT2D eigenvalue weighted by Gasteiger charge is 2.18. The molecule has 1 aromatic heterocycles. The molecular formula is C15H16BrNO2. The van der Waals surface area contributed by atoms with Gasteiger partial charge in [-0.2, -0.15) is 0 Å². The van der Waals surface area contributed by atoms with Gasteiger partial charge in [-0.15, -0.1) is 0 Å². The first kappa shape index (κ1) is 14.0. The lowest BCUT2D eigenvalue weighted by molar-refractivity contribution is 0.0697. The van der Waals surface area contributed by atoms with Crippen LogP contribution in [0.1, 0.15) is 41.9 Å². The van der Waals surface area contributed by atoms with Crippen molar-refractivity contribution < 1.29 is 9.90 Å². The second-order valence-electron chi connectivity index (χ2n) is 4.48. The molecule has 0 aliphatic heterocycles. The van der Waals surface area contributed by atoms with Crippen LogP contribution in [0.25, 0.3) is 10.9 Å². The van der Waals surface area contributed by atoms with Gasteiger partial charge in [0.05, 0.1) is 11.1 Å². The predicted octanol–water partition coefficient (Wildman–Crippen LogP) is 4.21. The number of fused-ring (bicyclic) bond motifs is 1. The molecule has 100 valence electrons. The smallest absolute Gasteiger partial charge is 0.336 e. The normalized spacial score (nSPS) is 10.9. The summed E-state index contributed by atoms with van der Waals surface area (Å²) in [5.74, 6) is -0.875. The first-order valence-electron chi connectivity index (χ1n) is 6.42. The lowest BCUT2D eigenvalue weighted by Crippen LogP contribution is -2.09. The van der Waals surface area contributed by atoms with E-state index in [-0.39, 0.29) is 0 Å². The van der Waals surface area contributed by atoms with E-state index in [4.69, 9.17) is 0 Å². The average Bonchev–Trinajstić information content (AvgIpc) is 2.37. The Morgan fingerprint density at radius 2 is 2.11 bits per heavy atom. The molecule has 2 rings (SSSR count). The summed E-state index contributed by atoms with van der Waals surface area (Å²) in [4.78, 5) is 16.3. The molecule has 0 spiro atoms. The molecule has 1 heterocycles. The van der Waals surface area contributed by atoms with Crippen molar-refractivity contribution in [2.45, 2.75) is 33.1 Å². The van der Waals surface area contributed by atoms with Crippen LogP contribution in [0.15, 0.2) is 22.7 Å². The van der Waals surface area contributed by atoms with Gasteiger partial charge in [0, 0.05) is 15.6 Å². The minimum atomic E-state index is -0.875. The first-order chi connectivity index (χ1) is 9.08. The first-order valence-corrected chi connectivity index (χ1v) is 7.22. The van der Waals surface area contributed by atoms with Crippen LogP contribution < -0.4 is 0 Å². The molecule has 0 aliphatic carbocycles. The van der Waals surface area contributed by atoms with Crippen molar-refractivity contribution in [2.24, 2.45) is 0 Å². The van der Waals surface area contributed by atoms with Gasteiger partial charge >= 0.3 is 5.97 Å². The fourth-order valence-corrected chi connectivity index (χ4v) is 2.76. The predicted molar refractivity (Wildman–Crippen MR) is 79.8 cm³/mol. The molecule has 3 nitrogen and oxygen atoms in total. The Bertz CT molecular complexity index is 638. The van der Waals surface area contributed by atoms with Gasteiger partial charge in [0.15, 0.2) is 0 Å². The highest BCUT2D eigenvalue weighted by atomic mass is 79.9. The molecule has 0 fully saturated rings. The van der Waals surface area contributed by atoms with E-state index in [0.29, 0.717) is 17.4 Å². The summed E-state index contributed by atoms with van der Waals surface area (Å²) < 4.78 is 0.870. The molecule has 4 heteroatoms. The van der Waals surface area contributed by atoms with E-state index in [1.165, 1.54) is 0 Å². The zero-order valence-corrected chi connectivity index (χ0v) is 12.6. The van der Waals surface area contributed by atoms with Gasteiger partial charge in [-0.05, 0) is 36.6 Å². The highest BCUT2D eigenvalue weighted by molar-refractivity contribution is 9.10. The van der Waals surface area contributed by atoms with Gasteiger partial charge in [0.1, 0.15) is 0 Å². The summed E-state index contributed by atoms with van der Waals surface area (Å²) in [6.07, 6.45) is 2.46. The van der Waals surface area contributed by atoms with Crippen molar-refractivity contribution in [1.82, 2.24) is 4.98 Å². The number of carboxylic acids is 1. The fraction of sp³-hybridized carbons (Fsp3) is 0.333. The third-order valence-corrected chi connectivity index (χ3v) is 3.68. The Kier molecular flexibility index (Phi) is 4.20. The number of benzene rings is 1. The van der Waals surface area contributed by atoms with Gasteiger partial charge in [-0.25, -0.2) is 4.79 Å². The zero-order chi connectivity index (χ0) is 14.0. The molecule has 0 bridgehead atoms. The summed E-state index contributed by atoms with van der Waals surface area (Å²) >= 11 is 3.39. The molecule has 0 unspecified atom stereocenters. The maximum Gasteiger partial charge on any atom is 0.336 e. The number of carboxylic acid groups (broad SMARTS) is 1. The number of carbonyl (C=O) groups is 1. The van der Waals surface area contributed by atoms with Crippen LogP contribution in [0, 0.1) is 0 Å². The summed E-state index contributed by atoms with van der Waals surface area (Å²) in [5.41, 5.74) is 2.93. The lowest BCUT2D eigenvalue weighted by atomic mass is 9.96. The van der Waals surface area contributed by atoms with Crippen molar-refractivity contribution in [3.8, 4) is 0 Å². The number of halogens is 1. The SMILES string of the molecule is CCCc1nc2ccc(Br)cc2c(C(=O)O)c1CC. The molecule has 19 heavy (non-hydrogen) atoms. The molecular weight excluding hydrogens is 306 g/mol. The largest absolute Gasteiger partial charge is 0.478 e. The van der Waals surface area contributed by atoms with E-state index in [9.17, 15) is 9.90 Å². The Morgan fingerprint density at radius 3 is 2.68 bits per heavy atom. The van der Waals surface area contributed by atoms with E-state index in [0.717, 1.165) is 34.1 Å². The number of aryl methyl sites for hydroxylation is 1. The lowest BCUT2D eigenvalue weighted by Gasteiger charge is -2.13. The zero-order valence-electron chi connectivity index (χ0n) is 11.0. The number of pyridine rings is 1. The second kappa shape index (κ2) is 5.70. The summed E-state index contributed by atoms with van der Waals surface area (Å²) in [7, 11) is 0. The van der Waals surface area contributed by atoms with Crippen LogP contribution in [0.3, 0.4) is 0 Å². The summed E-state index contributed by atoms with van der Waals surface area (Å²) in [6.45, 7) is 4.06. The highest BCUT2D eigenvalue weighted by Crippen LogP contribution is 2.27. The van der Waals surface area contributed by atoms with Crippen molar-refractivity contribution in [2.75, 3.05) is 0 Å². The third-order valence-electron chi connectivity index (χ3n) is 3.19. The van der Waals surface area contributed by atoms with Crippen LogP contribution in [0.2, 0.25) is 0 Å². The van der Waals surface area contributed by atoms with Crippen LogP contribution in [-0.4, -0.2) is 16.1 Å². The van der Waals surface area contributed by atoms with Crippen LogP contribution in [0.4, 0.5) is 0 Å². The van der Waals surface area contributed by atoms with E-state index in [1.807, 2.05) is 25.1 Å². The molecule has 1 aromatic carbocycles. The minimum absolute atomic E-state index is 0.400. The molecule has 0 saturated carbocycles. The molecule has 0 saturated heterocycles. The second-order valence-corrected chi connectivity index (χ2v) is 5.40. The minimum Gasteiger partial charge on any atom is -0.478 e. The van der Waals surface area contributed by atoms with Gasteiger partial charge in [0.25, 0.3) is 0 Å². The Morgan fingerprint density at radius 1 is 1.37 bits per heavy atom. The van der Waals surface area contributed by atoms with Crippen molar-refractivity contribution in [3.05, 3.63) is 39.5 Å². The number of rotatable bonds is 4. The summed E-state index contributed by atoms with van der Waals surface area (Å²) in [5, 5.41) is 10.2. The van der Waals surface area contributed by atoms with Crippen LogP contribution in [0.5, 0.6) is 0 Å². The van der Waals surface area contributed by atoms with E-state index < -0.39 is 5.97 Å². The van der Waals surface area contributed by atoms with Crippen LogP contribution >= 0.6 is 15.9 Å². The average molecular weight is 322 g/mol. The Balaban J connectivity index is 2.86. The standard InChI is InChI=1S/C15H16BrNO2/c1-3-5-12-10(4-2)14(15(18)19)11-8-9(16)6-7-13(11)17-12/h6-8H,3-5H2,1-2H3,(H,18,19). The molecule has 2 aromatic rings. The molecule has 0 radical (unpaired) electrons. The monoisotopic (exact) mass is 321 g/mol. The van der Waals surface area contributed by atoms with E-state index in [1.54, 1.807) is 0 Å². The molecule has 0 atom stereocenters. The van der Waals surface area contributed by atoms with Gasteiger partial charge in [-0.1, -0.05) is 36.2 Å². The molecule has 0 amide bonds. The van der Waals surface area contributed by atoms with Gasteiger partial charge in [0.2, 0.25) is 0 Å². The number of nitrogens with zero attached hydrogens (tertiary/aromatic N) is 1. The number of aromatic nitrogens is 1. The maximum atomic E-state index is 11.6. The van der Waals surface area contributed by atoms with E-state index >= 15 is 0 Å². The topological polar surface area (TPSA) is 50.2 Å². The quantitative estimate of drug-likeness (QED) is 0.917. The molecule has 0 aliphatic rings. The van der Waals surface area contributed by atoms with Gasteiger partial charge < -0.3 is 5.11 Å². The number of aromatic carboxylic acids is 1. The van der Waals surface area contributed by atoms with Crippen molar-refractivity contribution in [1.29, 1.82) is 0 Å². The van der Waals surface area contributed by atoms with Gasteiger partial charge in [-0.3, -0.25) is 4.98 Å². The van der Waals surface area contributed by atoms with E-state index in [2.05, 4.69) is 27.8 Å².